The molecule has 0 aromatic heterocycles. The second-order valence-electron chi connectivity index (χ2n) is 6.34. The van der Waals surface area contributed by atoms with Gasteiger partial charge in [-0.15, -0.1) is 0 Å². The van der Waals surface area contributed by atoms with Crippen molar-refractivity contribution in [1.82, 2.24) is 16.0 Å². The van der Waals surface area contributed by atoms with Crippen LogP contribution in [0.1, 0.15) is 25.7 Å². The SMILES string of the molecule is CSCCC(N)C(=O)NCC(=O)NC(CCSC)C(=O)NC(CCC(=O)O)C(=O)O. The van der Waals surface area contributed by atoms with Crippen molar-refractivity contribution in [3.8, 4) is 0 Å². The van der Waals surface area contributed by atoms with Gasteiger partial charge in [-0.05, 0) is 43.3 Å². The molecule has 0 aliphatic heterocycles. The average molecular weight is 467 g/mol. The lowest BCUT2D eigenvalue weighted by atomic mass is 10.1. The van der Waals surface area contributed by atoms with Crippen LogP contribution in [0.25, 0.3) is 0 Å². The predicted molar refractivity (Wildman–Crippen MR) is 115 cm³/mol. The Morgan fingerprint density at radius 2 is 1.47 bits per heavy atom. The topological polar surface area (TPSA) is 188 Å². The van der Waals surface area contributed by atoms with Crippen LogP contribution in [0.5, 0.6) is 0 Å². The summed E-state index contributed by atoms with van der Waals surface area (Å²) in [6.07, 6.45) is 3.66. The normalized spacial score (nSPS) is 13.6. The quantitative estimate of drug-likeness (QED) is 0.162. The van der Waals surface area contributed by atoms with E-state index in [1.165, 1.54) is 11.8 Å². The largest absolute Gasteiger partial charge is 0.481 e. The van der Waals surface area contributed by atoms with E-state index in [0.717, 1.165) is 0 Å². The second-order valence-corrected chi connectivity index (χ2v) is 8.31. The minimum absolute atomic E-state index is 0.227. The van der Waals surface area contributed by atoms with Gasteiger partial charge in [-0.25, -0.2) is 4.79 Å². The molecule has 3 atom stereocenters. The summed E-state index contributed by atoms with van der Waals surface area (Å²) in [6, 6.07) is -3.17. The minimum Gasteiger partial charge on any atom is -0.481 e. The first kappa shape index (κ1) is 28.0. The van der Waals surface area contributed by atoms with Crippen molar-refractivity contribution in [3.63, 3.8) is 0 Å². The Morgan fingerprint density at radius 1 is 0.867 bits per heavy atom. The Balaban J connectivity index is 4.82. The van der Waals surface area contributed by atoms with Crippen LogP contribution in [0, 0.1) is 0 Å². The van der Waals surface area contributed by atoms with Crippen LogP contribution >= 0.6 is 23.5 Å². The zero-order chi connectivity index (χ0) is 23.1. The van der Waals surface area contributed by atoms with Gasteiger partial charge in [0.15, 0.2) is 0 Å². The summed E-state index contributed by atoms with van der Waals surface area (Å²) in [5.41, 5.74) is 5.72. The zero-order valence-electron chi connectivity index (χ0n) is 17.0. The summed E-state index contributed by atoms with van der Waals surface area (Å²) in [6.45, 7) is -0.379. The Hall–Kier alpha value is -1.99. The monoisotopic (exact) mass is 466 g/mol. The standard InChI is InChI=1S/C17H30N4O7S2/c1-29-7-5-10(18)15(25)19-9-13(22)20-11(6-8-30-2)16(26)21-12(17(27)28)3-4-14(23)24/h10-12H,3-9,18H2,1-2H3,(H,19,25)(H,20,22)(H,21,26)(H,23,24)(H,27,28). The fraction of sp³-hybridized carbons (Fsp3) is 0.706. The Labute approximate surface area is 183 Å². The molecule has 0 saturated carbocycles. The highest BCUT2D eigenvalue weighted by molar-refractivity contribution is 7.98. The molecule has 3 amide bonds. The van der Waals surface area contributed by atoms with Crippen molar-refractivity contribution in [2.45, 2.75) is 43.8 Å². The fourth-order valence-electron chi connectivity index (χ4n) is 2.22. The molecule has 0 aliphatic rings. The maximum Gasteiger partial charge on any atom is 0.326 e. The smallest absolute Gasteiger partial charge is 0.326 e. The van der Waals surface area contributed by atoms with Crippen LogP contribution in [0.2, 0.25) is 0 Å². The first-order valence-electron chi connectivity index (χ1n) is 9.17. The molecule has 0 bridgehead atoms. The third-order valence-corrected chi connectivity index (χ3v) is 5.20. The lowest BCUT2D eigenvalue weighted by Crippen LogP contribution is -2.54. The molecule has 0 aromatic carbocycles. The molecule has 0 rings (SSSR count). The van der Waals surface area contributed by atoms with E-state index in [9.17, 15) is 29.1 Å². The van der Waals surface area contributed by atoms with Crippen molar-refractivity contribution in [2.24, 2.45) is 5.73 Å². The van der Waals surface area contributed by atoms with Gasteiger partial charge in [0.25, 0.3) is 0 Å². The van der Waals surface area contributed by atoms with Gasteiger partial charge >= 0.3 is 11.9 Å². The van der Waals surface area contributed by atoms with Gasteiger partial charge in [0.2, 0.25) is 17.7 Å². The molecular weight excluding hydrogens is 436 g/mol. The highest BCUT2D eigenvalue weighted by Gasteiger charge is 2.27. The molecule has 0 spiro atoms. The van der Waals surface area contributed by atoms with Crippen LogP contribution < -0.4 is 21.7 Å². The molecule has 0 heterocycles. The van der Waals surface area contributed by atoms with Gasteiger partial charge in [0.1, 0.15) is 12.1 Å². The summed E-state index contributed by atoms with van der Waals surface area (Å²) in [5.74, 6) is -3.19. The summed E-state index contributed by atoms with van der Waals surface area (Å²) in [7, 11) is 0. The van der Waals surface area contributed by atoms with Gasteiger partial charge in [-0.2, -0.15) is 23.5 Å². The number of hydrogen-bond donors (Lipinski definition) is 6. The highest BCUT2D eigenvalue weighted by atomic mass is 32.2. The summed E-state index contributed by atoms with van der Waals surface area (Å²) in [5, 5.41) is 25.0. The molecule has 7 N–H and O–H groups in total. The zero-order valence-corrected chi connectivity index (χ0v) is 18.6. The number of carboxylic acid groups (broad SMARTS) is 2. The van der Waals surface area contributed by atoms with Gasteiger partial charge in [-0.3, -0.25) is 19.2 Å². The number of amides is 3. The van der Waals surface area contributed by atoms with Gasteiger partial charge in [0, 0.05) is 6.42 Å². The number of thioether (sulfide) groups is 2. The predicted octanol–water partition coefficient (Wildman–Crippen LogP) is -1.14. The Kier molecular flexibility index (Phi) is 14.7. The lowest BCUT2D eigenvalue weighted by molar-refractivity contribution is -0.143. The number of rotatable bonds is 16. The molecule has 172 valence electrons. The number of carbonyl (C=O) groups excluding carboxylic acids is 3. The molecule has 30 heavy (non-hydrogen) atoms. The number of carboxylic acids is 2. The van der Waals surface area contributed by atoms with E-state index in [1.807, 2.05) is 6.26 Å². The number of carbonyl (C=O) groups is 5. The average Bonchev–Trinajstić information content (AvgIpc) is 2.69. The Bertz CT molecular complexity index is 607. The van der Waals surface area contributed by atoms with E-state index in [2.05, 4.69) is 16.0 Å². The summed E-state index contributed by atoms with van der Waals surface area (Å²) < 4.78 is 0. The molecule has 0 aliphatic carbocycles. The molecule has 0 radical (unpaired) electrons. The van der Waals surface area contributed by atoms with E-state index in [-0.39, 0.29) is 19.4 Å². The molecular formula is C17H30N4O7S2. The lowest BCUT2D eigenvalue weighted by Gasteiger charge is -2.21. The molecule has 13 heteroatoms. The van der Waals surface area contributed by atoms with Crippen molar-refractivity contribution in [3.05, 3.63) is 0 Å². The van der Waals surface area contributed by atoms with Gasteiger partial charge in [0.05, 0.1) is 12.6 Å². The number of nitrogens with one attached hydrogen (secondary N) is 3. The third kappa shape index (κ3) is 12.5. The van der Waals surface area contributed by atoms with Crippen molar-refractivity contribution < 1.29 is 34.2 Å². The third-order valence-electron chi connectivity index (χ3n) is 3.92. The summed E-state index contributed by atoms with van der Waals surface area (Å²) >= 11 is 2.97. The van der Waals surface area contributed by atoms with Crippen LogP contribution in [0.3, 0.4) is 0 Å². The van der Waals surface area contributed by atoms with Crippen LogP contribution in [-0.4, -0.2) is 88.6 Å². The second kappa shape index (κ2) is 15.8. The highest BCUT2D eigenvalue weighted by Crippen LogP contribution is 2.04. The van der Waals surface area contributed by atoms with E-state index in [0.29, 0.717) is 17.9 Å². The van der Waals surface area contributed by atoms with Crippen molar-refractivity contribution in [1.29, 1.82) is 0 Å². The molecule has 0 saturated heterocycles. The van der Waals surface area contributed by atoms with Gasteiger partial charge in [-0.1, -0.05) is 0 Å². The van der Waals surface area contributed by atoms with E-state index in [1.54, 1.807) is 18.0 Å². The fourth-order valence-corrected chi connectivity index (χ4v) is 3.18. The van der Waals surface area contributed by atoms with Crippen molar-refractivity contribution >= 4 is 53.2 Å². The maximum atomic E-state index is 12.5. The number of nitrogens with two attached hydrogens (primary N) is 1. The van der Waals surface area contributed by atoms with E-state index in [4.69, 9.17) is 10.8 Å². The molecule has 0 aromatic rings. The number of hydrogen-bond acceptors (Lipinski definition) is 8. The van der Waals surface area contributed by atoms with Crippen molar-refractivity contribution in [2.75, 3.05) is 30.6 Å². The summed E-state index contributed by atoms with van der Waals surface area (Å²) in [4.78, 5) is 58.4. The molecule has 0 fully saturated rings. The van der Waals surface area contributed by atoms with Gasteiger partial charge < -0.3 is 31.9 Å². The van der Waals surface area contributed by atoms with Crippen LogP contribution in [0.15, 0.2) is 0 Å². The first-order chi connectivity index (χ1) is 14.1. The minimum atomic E-state index is -1.39. The molecule has 11 nitrogen and oxygen atoms in total. The van der Waals surface area contributed by atoms with Crippen LogP contribution in [-0.2, 0) is 24.0 Å². The number of aliphatic carboxylic acids is 2. The first-order valence-corrected chi connectivity index (χ1v) is 12.0. The van der Waals surface area contributed by atoms with Crippen LogP contribution in [0.4, 0.5) is 0 Å². The molecule has 3 unspecified atom stereocenters. The van der Waals surface area contributed by atoms with E-state index < -0.39 is 54.2 Å². The van der Waals surface area contributed by atoms with E-state index >= 15 is 0 Å². The maximum absolute atomic E-state index is 12.5. The Morgan fingerprint density at radius 3 is 2.00 bits per heavy atom.